The Morgan fingerprint density at radius 1 is 1.33 bits per heavy atom. The Hall–Kier alpha value is -0.800. The summed E-state index contributed by atoms with van der Waals surface area (Å²) in [5, 5.41) is 0.495. The van der Waals surface area contributed by atoms with Crippen LogP contribution in [0.2, 0.25) is 5.02 Å². The molecule has 0 atom stereocenters. The minimum atomic E-state index is 0. The highest BCUT2D eigenvalue weighted by Gasteiger charge is 2.17. The monoisotopic (exact) mass is 207 g/mol. The van der Waals surface area contributed by atoms with Crippen LogP contribution in [0.1, 0.15) is 0 Å². The van der Waals surface area contributed by atoms with Crippen molar-refractivity contribution in [1.82, 2.24) is 0 Å². The molecule has 0 saturated carbocycles. The standard InChI is InChI=1S/C7H6ClNO2.ClH/c8-4-1-2-5-7(6(4)9)11-3-10-5;/h1-2H,3,9H2;1H. The molecule has 0 unspecified atom stereocenters. The SMILES string of the molecule is Cl.Nc1c(Cl)ccc2c1OCO2. The summed E-state index contributed by atoms with van der Waals surface area (Å²) < 4.78 is 10.2. The van der Waals surface area contributed by atoms with E-state index in [0.717, 1.165) is 0 Å². The number of nitrogens with two attached hydrogens (primary N) is 1. The van der Waals surface area contributed by atoms with Crippen molar-refractivity contribution in [2.24, 2.45) is 0 Å². The molecule has 0 bridgehead atoms. The first-order valence-electron chi connectivity index (χ1n) is 3.12. The zero-order chi connectivity index (χ0) is 7.84. The fraction of sp³-hybridized carbons (Fsp3) is 0.143. The molecule has 2 rings (SSSR count). The number of rotatable bonds is 0. The van der Waals surface area contributed by atoms with Crippen LogP contribution in [0.3, 0.4) is 0 Å². The average molecular weight is 208 g/mol. The van der Waals surface area contributed by atoms with Crippen LogP contribution >= 0.6 is 24.0 Å². The summed E-state index contributed by atoms with van der Waals surface area (Å²) in [5.74, 6) is 1.21. The number of benzene rings is 1. The first kappa shape index (κ1) is 9.29. The van der Waals surface area contributed by atoms with Gasteiger partial charge in [-0.3, -0.25) is 0 Å². The predicted octanol–water partition coefficient (Wildman–Crippen LogP) is 2.07. The molecule has 0 aliphatic carbocycles. The molecular formula is C7H7Cl2NO2. The van der Waals surface area contributed by atoms with E-state index in [4.69, 9.17) is 26.8 Å². The number of halogens is 2. The molecule has 5 heteroatoms. The summed E-state index contributed by atoms with van der Waals surface area (Å²) in [5.41, 5.74) is 6.04. The van der Waals surface area contributed by atoms with E-state index < -0.39 is 0 Å². The molecule has 66 valence electrons. The lowest BCUT2D eigenvalue weighted by molar-refractivity contribution is 0.174. The van der Waals surface area contributed by atoms with E-state index in [1.54, 1.807) is 12.1 Å². The Morgan fingerprint density at radius 2 is 2.08 bits per heavy atom. The summed E-state index contributed by atoms with van der Waals surface area (Å²) in [6.07, 6.45) is 0. The van der Waals surface area contributed by atoms with Gasteiger partial charge in [0.15, 0.2) is 11.5 Å². The summed E-state index contributed by atoms with van der Waals surface area (Å²) in [6.45, 7) is 0.222. The van der Waals surface area contributed by atoms with Crippen molar-refractivity contribution >= 4 is 29.7 Å². The fourth-order valence-electron chi connectivity index (χ4n) is 0.970. The summed E-state index contributed by atoms with van der Waals surface area (Å²) in [6, 6.07) is 3.42. The van der Waals surface area contributed by atoms with Crippen molar-refractivity contribution in [3.63, 3.8) is 0 Å². The lowest BCUT2D eigenvalue weighted by atomic mass is 10.3. The maximum atomic E-state index is 5.73. The van der Waals surface area contributed by atoms with E-state index in [2.05, 4.69) is 0 Å². The average Bonchev–Trinajstić information content (AvgIpc) is 2.45. The van der Waals surface area contributed by atoms with E-state index in [1.807, 2.05) is 0 Å². The van der Waals surface area contributed by atoms with Crippen LogP contribution in [-0.2, 0) is 0 Å². The number of anilines is 1. The minimum Gasteiger partial charge on any atom is -0.454 e. The number of fused-ring (bicyclic) bond motifs is 1. The van der Waals surface area contributed by atoms with Gasteiger partial charge in [0, 0.05) is 0 Å². The quantitative estimate of drug-likeness (QED) is 0.663. The second-order valence-corrected chi connectivity index (χ2v) is 2.60. The van der Waals surface area contributed by atoms with Gasteiger partial charge in [-0.2, -0.15) is 0 Å². The Labute approximate surface area is 80.8 Å². The van der Waals surface area contributed by atoms with Crippen LogP contribution in [0.25, 0.3) is 0 Å². The number of hydrogen-bond donors (Lipinski definition) is 1. The second-order valence-electron chi connectivity index (χ2n) is 2.19. The Balaban J connectivity index is 0.000000720. The van der Waals surface area contributed by atoms with Crippen LogP contribution in [0.4, 0.5) is 5.69 Å². The first-order chi connectivity index (χ1) is 5.29. The van der Waals surface area contributed by atoms with Crippen molar-refractivity contribution in [3.05, 3.63) is 17.2 Å². The van der Waals surface area contributed by atoms with Gasteiger partial charge in [0.2, 0.25) is 6.79 Å². The van der Waals surface area contributed by atoms with Gasteiger partial charge >= 0.3 is 0 Å². The molecule has 0 amide bonds. The largest absolute Gasteiger partial charge is 0.454 e. The number of hydrogen-bond acceptors (Lipinski definition) is 3. The molecule has 0 radical (unpaired) electrons. The molecule has 0 spiro atoms. The van der Waals surface area contributed by atoms with Crippen molar-refractivity contribution in [3.8, 4) is 11.5 Å². The lowest BCUT2D eigenvalue weighted by Crippen LogP contribution is -1.94. The number of ether oxygens (including phenoxy) is 2. The molecule has 0 aromatic heterocycles. The highest BCUT2D eigenvalue weighted by molar-refractivity contribution is 6.33. The molecule has 12 heavy (non-hydrogen) atoms. The van der Waals surface area contributed by atoms with Crippen LogP contribution < -0.4 is 15.2 Å². The number of nitrogen functional groups attached to an aromatic ring is 1. The van der Waals surface area contributed by atoms with Crippen molar-refractivity contribution in [2.45, 2.75) is 0 Å². The van der Waals surface area contributed by atoms with Crippen LogP contribution in [0.15, 0.2) is 12.1 Å². The van der Waals surface area contributed by atoms with E-state index >= 15 is 0 Å². The van der Waals surface area contributed by atoms with Crippen LogP contribution in [0, 0.1) is 0 Å². The van der Waals surface area contributed by atoms with Gasteiger partial charge in [-0.15, -0.1) is 12.4 Å². The highest BCUT2D eigenvalue weighted by atomic mass is 35.5. The summed E-state index contributed by atoms with van der Waals surface area (Å²) in [4.78, 5) is 0. The topological polar surface area (TPSA) is 44.5 Å². The maximum absolute atomic E-state index is 5.73. The summed E-state index contributed by atoms with van der Waals surface area (Å²) in [7, 11) is 0. The normalized spacial score (nSPS) is 12.4. The lowest BCUT2D eigenvalue weighted by Gasteiger charge is -2.00. The molecule has 1 aromatic rings. The van der Waals surface area contributed by atoms with Gasteiger partial charge in [-0.05, 0) is 12.1 Å². The van der Waals surface area contributed by atoms with Gasteiger partial charge < -0.3 is 15.2 Å². The summed E-state index contributed by atoms with van der Waals surface area (Å²) >= 11 is 5.73. The van der Waals surface area contributed by atoms with Crippen molar-refractivity contribution < 1.29 is 9.47 Å². The van der Waals surface area contributed by atoms with Gasteiger partial charge in [0.05, 0.1) is 10.7 Å². The molecule has 0 fully saturated rings. The molecule has 3 nitrogen and oxygen atoms in total. The van der Waals surface area contributed by atoms with E-state index in [0.29, 0.717) is 22.2 Å². The predicted molar refractivity (Wildman–Crippen MR) is 49.2 cm³/mol. The van der Waals surface area contributed by atoms with Crippen LogP contribution in [-0.4, -0.2) is 6.79 Å². The molecule has 1 aromatic carbocycles. The Morgan fingerprint density at radius 3 is 2.83 bits per heavy atom. The molecule has 1 aliphatic heterocycles. The molecule has 1 heterocycles. The first-order valence-corrected chi connectivity index (χ1v) is 3.50. The van der Waals surface area contributed by atoms with Gasteiger partial charge in [0.25, 0.3) is 0 Å². The van der Waals surface area contributed by atoms with Gasteiger partial charge in [-0.1, -0.05) is 11.6 Å². The van der Waals surface area contributed by atoms with Crippen LogP contribution in [0.5, 0.6) is 11.5 Å². The minimum absolute atomic E-state index is 0. The van der Waals surface area contributed by atoms with Crippen molar-refractivity contribution in [1.29, 1.82) is 0 Å². The molecule has 2 N–H and O–H groups in total. The molecule has 1 aliphatic rings. The van der Waals surface area contributed by atoms with Gasteiger partial charge in [-0.25, -0.2) is 0 Å². The van der Waals surface area contributed by atoms with E-state index in [9.17, 15) is 0 Å². The Bertz CT molecular complexity index is 304. The fourth-order valence-corrected chi connectivity index (χ4v) is 1.12. The molecular weight excluding hydrogens is 201 g/mol. The third-order valence-corrected chi connectivity index (χ3v) is 1.85. The van der Waals surface area contributed by atoms with E-state index in [1.165, 1.54) is 0 Å². The molecule has 0 saturated heterocycles. The van der Waals surface area contributed by atoms with Crippen molar-refractivity contribution in [2.75, 3.05) is 12.5 Å². The van der Waals surface area contributed by atoms with Gasteiger partial charge in [0.1, 0.15) is 0 Å². The zero-order valence-corrected chi connectivity index (χ0v) is 7.61. The third kappa shape index (κ3) is 1.26. The maximum Gasteiger partial charge on any atom is 0.231 e. The Kier molecular flexibility index (Phi) is 2.55. The second kappa shape index (κ2) is 3.29. The van der Waals surface area contributed by atoms with E-state index in [-0.39, 0.29) is 19.2 Å². The highest BCUT2D eigenvalue weighted by Crippen LogP contribution is 2.41. The smallest absolute Gasteiger partial charge is 0.231 e. The third-order valence-electron chi connectivity index (χ3n) is 1.52. The zero-order valence-electron chi connectivity index (χ0n) is 6.04.